The van der Waals surface area contributed by atoms with E-state index in [-0.39, 0.29) is 17.1 Å². The monoisotopic (exact) mass is 330 g/mol. The van der Waals surface area contributed by atoms with Crippen LogP contribution in [0.5, 0.6) is 0 Å². The number of fused-ring (bicyclic) bond motifs is 2. The number of rotatable bonds is 3. The first-order chi connectivity index (χ1) is 10.6. The topological polar surface area (TPSA) is 116 Å². The molecule has 3 aliphatic rings. The van der Waals surface area contributed by atoms with E-state index in [1.807, 2.05) is 6.92 Å². The number of ether oxygens (including phenoxy) is 2. The first kappa shape index (κ1) is 17.3. The zero-order chi connectivity index (χ0) is 17.2. The fourth-order valence-electron chi connectivity index (χ4n) is 4.47. The minimum atomic E-state index is -1.47. The van der Waals surface area contributed by atoms with E-state index in [0.29, 0.717) is 12.8 Å². The van der Waals surface area contributed by atoms with Crippen molar-refractivity contribution in [2.24, 2.45) is 16.7 Å². The summed E-state index contributed by atoms with van der Waals surface area (Å²) in [6.45, 7) is 5.50. The van der Waals surface area contributed by atoms with Crippen LogP contribution in [0.1, 0.15) is 33.6 Å². The molecule has 0 aromatic carbocycles. The molecule has 0 aromatic heterocycles. The second-order valence-corrected chi connectivity index (χ2v) is 7.81. The Morgan fingerprint density at radius 2 is 1.83 bits per heavy atom. The Balaban J connectivity index is 1.79. The lowest BCUT2D eigenvalue weighted by atomic mass is 9.69. The molecule has 132 valence electrons. The van der Waals surface area contributed by atoms with E-state index in [2.05, 4.69) is 13.8 Å². The van der Waals surface area contributed by atoms with Crippen LogP contribution in [0, 0.1) is 16.7 Å². The average Bonchev–Trinajstić information content (AvgIpc) is 2.79. The van der Waals surface area contributed by atoms with Gasteiger partial charge in [0.1, 0.15) is 30.2 Å². The lowest BCUT2D eigenvalue weighted by Gasteiger charge is -2.43. The molecule has 23 heavy (non-hydrogen) atoms. The summed E-state index contributed by atoms with van der Waals surface area (Å²) in [4.78, 5) is 12.4. The molecule has 3 rings (SSSR count). The van der Waals surface area contributed by atoms with Gasteiger partial charge in [-0.25, -0.2) is 0 Å². The zero-order valence-corrected chi connectivity index (χ0v) is 13.7. The molecule has 3 fully saturated rings. The van der Waals surface area contributed by atoms with Crippen LogP contribution in [0.3, 0.4) is 0 Å². The first-order valence-electron chi connectivity index (χ1n) is 8.13. The molecule has 0 aromatic rings. The van der Waals surface area contributed by atoms with Gasteiger partial charge in [0.05, 0.1) is 18.1 Å². The molecule has 7 nitrogen and oxygen atoms in total. The number of Topliss-reactive ketones (excluding diaryl/α,β-unsaturated/α-hetero) is 1. The molecule has 1 heterocycles. The predicted octanol–water partition coefficient (Wildman–Crippen LogP) is -0.803. The smallest absolute Gasteiger partial charge is 0.187 e. The molecule has 2 bridgehead atoms. The highest BCUT2D eigenvalue weighted by molar-refractivity contribution is 5.90. The first-order valence-corrected chi connectivity index (χ1v) is 8.13. The van der Waals surface area contributed by atoms with E-state index in [0.717, 1.165) is 0 Å². The molecule has 2 aliphatic carbocycles. The fraction of sp³-hybridized carbons (Fsp3) is 0.938. The number of hydrogen-bond acceptors (Lipinski definition) is 7. The van der Waals surface area contributed by atoms with Gasteiger partial charge in [-0.15, -0.1) is 0 Å². The maximum absolute atomic E-state index is 12.4. The van der Waals surface area contributed by atoms with Gasteiger partial charge in [0.25, 0.3) is 0 Å². The lowest BCUT2D eigenvalue weighted by Crippen LogP contribution is -2.60. The summed E-state index contributed by atoms with van der Waals surface area (Å²) in [6.07, 6.45) is -5.71. The summed E-state index contributed by atoms with van der Waals surface area (Å²) in [6, 6.07) is 0. The SMILES string of the molecule is CC1(C)[C@H]2CC(=O)[C@]1(C)[C@@H](O[C@@H]1O[C@H](CO)[C@@H](O)[C@H](O)[C@H]1O)C2. The molecule has 1 saturated heterocycles. The minimum Gasteiger partial charge on any atom is -0.394 e. The van der Waals surface area contributed by atoms with Crippen molar-refractivity contribution in [2.75, 3.05) is 6.61 Å². The van der Waals surface area contributed by atoms with Gasteiger partial charge in [-0.1, -0.05) is 13.8 Å². The normalized spacial score (nSPS) is 52.1. The fourth-order valence-corrected chi connectivity index (χ4v) is 4.47. The highest BCUT2D eigenvalue weighted by atomic mass is 16.7. The molecule has 1 aliphatic heterocycles. The number of hydrogen-bond donors (Lipinski definition) is 4. The Hall–Kier alpha value is -0.570. The van der Waals surface area contributed by atoms with Crippen molar-refractivity contribution >= 4 is 5.78 Å². The van der Waals surface area contributed by atoms with Crippen molar-refractivity contribution in [3.8, 4) is 0 Å². The Morgan fingerprint density at radius 1 is 1.17 bits per heavy atom. The van der Waals surface area contributed by atoms with E-state index in [1.54, 1.807) is 0 Å². The molecule has 0 radical (unpaired) electrons. The number of aliphatic hydroxyl groups is 4. The Labute approximate surface area is 135 Å². The van der Waals surface area contributed by atoms with Crippen LogP contribution in [0.15, 0.2) is 0 Å². The third kappa shape index (κ3) is 2.22. The van der Waals surface area contributed by atoms with Crippen molar-refractivity contribution in [1.82, 2.24) is 0 Å². The van der Waals surface area contributed by atoms with E-state index >= 15 is 0 Å². The Bertz CT molecular complexity index is 491. The molecular formula is C16H26O7. The van der Waals surface area contributed by atoms with Gasteiger partial charge in [-0.2, -0.15) is 0 Å². The summed E-state index contributed by atoms with van der Waals surface area (Å²) < 4.78 is 11.3. The van der Waals surface area contributed by atoms with Gasteiger partial charge in [-0.3, -0.25) is 4.79 Å². The van der Waals surface area contributed by atoms with Crippen molar-refractivity contribution < 1.29 is 34.7 Å². The molecule has 0 spiro atoms. The Morgan fingerprint density at radius 3 is 2.35 bits per heavy atom. The number of carbonyl (C=O) groups is 1. The van der Waals surface area contributed by atoms with E-state index in [1.165, 1.54) is 0 Å². The van der Waals surface area contributed by atoms with Crippen LogP contribution < -0.4 is 0 Å². The lowest BCUT2D eigenvalue weighted by molar-refractivity contribution is -0.317. The van der Waals surface area contributed by atoms with Gasteiger partial charge in [0, 0.05) is 6.42 Å². The van der Waals surface area contributed by atoms with Gasteiger partial charge < -0.3 is 29.9 Å². The molecule has 0 amide bonds. The summed E-state index contributed by atoms with van der Waals surface area (Å²) in [5.74, 6) is 0.364. The molecular weight excluding hydrogens is 304 g/mol. The molecule has 4 N–H and O–H groups in total. The average molecular weight is 330 g/mol. The molecule has 7 heteroatoms. The highest BCUT2D eigenvalue weighted by Crippen LogP contribution is 2.64. The van der Waals surface area contributed by atoms with E-state index < -0.39 is 48.8 Å². The van der Waals surface area contributed by atoms with Crippen LogP contribution in [0.25, 0.3) is 0 Å². The summed E-state index contributed by atoms with van der Waals surface area (Å²) in [5, 5.41) is 39.0. The number of ketones is 1. The standard InChI is InChI=1S/C16H26O7/c1-15(2)7-4-9(18)16(15,3)10(5-7)23-14-13(21)12(20)11(19)8(6-17)22-14/h7-8,10-14,17,19-21H,4-6H2,1-3H3/t7-,8+,10-,11+,12-,13+,14-,16+/m0/s1. The highest BCUT2D eigenvalue weighted by Gasteiger charge is 2.67. The van der Waals surface area contributed by atoms with Crippen molar-refractivity contribution in [3.63, 3.8) is 0 Å². The summed E-state index contributed by atoms with van der Waals surface area (Å²) >= 11 is 0. The van der Waals surface area contributed by atoms with Crippen molar-refractivity contribution in [2.45, 2.75) is 70.4 Å². The minimum absolute atomic E-state index is 0.147. The maximum Gasteiger partial charge on any atom is 0.187 e. The third-order valence-electron chi connectivity index (χ3n) is 6.66. The van der Waals surface area contributed by atoms with E-state index in [9.17, 15) is 25.2 Å². The van der Waals surface area contributed by atoms with Crippen molar-refractivity contribution in [3.05, 3.63) is 0 Å². The third-order valence-corrected chi connectivity index (χ3v) is 6.66. The van der Waals surface area contributed by atoms with Gasteiger partial charge >= 0.3 is 0 Å². The summed E-state index contributed by atoms with van der Waals surface area (Å²) in [7, 11) is 0. The van der Waals surface area contributed by atoms with Crippen molar-refractivity contribution in [1.29, 1.82) is 0 Å². The van der Waals surface area contributed by atoms with Gasteiger partial charge in [-0.05, 0) is 24.7 Å². The van der Waals surface area contributed by atoms with Crippen LogP contribution in [0.2, 0.25) is 0 Å². The van der Waals surface area contributed by atoms with Crippen LogP contribution in [-0.4, -0.2) is 69.6 Å². The van der Waals surface area contributed by atoms with Crippen LogP contribution in [0.4, 0.5) is 0 Å². The van der Waals surface area contributed by atoms with Gasteiger partial charge in [0.2, 0.25) is 0 Å². The quantitative estimate of drug-likeness (QED) is 0.535. The van der Waals surface area contributed by atoms with Crippen LogP contribution in [-0.2, 0) is 14.3 Å². The van der Waals surface area contributed by atoms with Crippen LogP contribution >= 0.6 is 0 Å². The molecule has 8 atom stereocenters. The predicted molar refractivity (Wildman–Crippen MR) is 78.3 cm³/mol. The molecule has 0 unspecified atom stereocenters. The maximum atomic E-state index is 12.4. The second kappa shape index (κ2) is 5.47. The largest absolute Gasteiger partial charge is 0.394 e. The summed E-state index contributed by atoms with van der Waals surface area (Å²) in [5.41, 5.74) is -0.876. The number of carbonyl (C=O) groups excluding carboxylic acids is 1. The number of aliphatic hydroxyl groups excluding tert-OH is 4. The molecule has 2 saturated carbocycles. The zero-order valence-electron chi connectivity index (χ0n) is 13.7. The van der Waals surface area contributed by atoms with Gasteiger partial charge in [0.15, 0.2) is 6.29 Å². The second-order valence-electron chi connectivity index (χ2n) is 7.81. The van der Waals surface area contributed by atoms with E-state index in [4.69, 9.17) is 9.47 Å². The Kier molecular flexibility index (Phi) is 4.11.